The molecule has 0 aromatic carbocycles. The molecule has 3 heteroatoms. The first-order chi connectivity index (χ1) is 8.83. The van der Waals surface area contributed by atoms with Crippen LogP contribution in [0.2, 0.25) is 0 Å². The molecule has 2 aromatic rings. The fourth-order valence-electron chi connectivity index (χ4n) is 2.49. The largest absolute Gasteiger partial charge is 0.307 e. The zero-order chi connectivity index (χ0) is 12.4. The van der Waals surface area contributed by atoms with Gasteiger partial charge in [-0.3, -0.25) is 4.98 Å². The van der Waals surface area contributed by atoms with E-state index in [9.17, 15) is 0 Å². The Labute approximate surface area is 112 Å². The van der Waals surface area contributed by atoms with E-state index in [1.165, 1.54) is 23.1 Å². The van der Waals surface area contributed by atoms with E-state index in [1.54, 1.807) is 11.3 Å². The first-order valence-electron chi connectivity index (χ1n) is 6.57. The average Bonchev–Trinajstić information content (AvgIpc) is 2.87. The van der Waals surface area contributed by atoms with Crippen LogP contribution in [-0.4, -0.2) is 11.0 Å². The van der Waals surface area contributed by atoms with Crippen LogP contribution in [0.3, 0.4) is 0 Å². The molecule has 2 unspecified atom stereocenters. The van der Waals surface area contributed by atoms with Crippen molar-refractivity contribution in [1.82, 2.24) is 10.3 Å². The van der Waals surface area contributed by atoms with Crippen LogP contribution in [0.5, 0.6) is 0 Å². The fraction of sp³-hybridized carbons (Fsp3) is 0.400. The Morgan fingerprint density at radius 2 is 2.39 bits per heavy atom. The third-order valence-corrected chi connectivity index (χ3v) is 4.43. The van der Waals surface area contributed by atoms with E-state index in [0.29, 0.717) is 12.1 Å². The molecule has 3 rings (SSSR count). The third kappa shape index (κ3) is 2.47. The molecular formula is C15H18N2S. The van der Waals surface area contributed by atoms with Crippen LogP contribution in [0.15, 0.2) is 35.9 Å². The molecule has 0 aliphatic heterocycles. The molecule has 0 radical (unpaired) electrons. The molecule has 1 N–H and O–H groups in total. The van der Waals surface area contributed by atoms with Crippen molar-refractivity contribution in [1.29, 1.82) is 0 Å². The minimum atomic E-state index is 0.375. The molecule has 0 saturated heterocycles. The summed E-state index contributed by atoms with van der Waals surface area (Å²) in [5, 5.41) is 5.81. The van der Waals surface area contributed by atoms with Gasteiger partial charge in [0.25, 0.3) is 0 Å². The zero-order valence-corrected chi connectivity index (χ0v) is 11.4. The van der Waals surface area contributed by atoms with Gasteiger partial charge in [0.05, 0.1) is 10.2 Å². The van der Waals surface area contributed by atoms with E-state index in [2.05, 4.69) is 46.9 Å². The van der Waals surface area contributed by atoms with Crippen molar-refractivity contribution in [3.8, 4) is 0 Å². The summed E-state index contributed by atoms with van der Waals surface area (Å²) in [6.07, 6.45) is 10.2. The maximum atomic E-state index is 4.51. The number of aromatic nitrogens is 1. The SMILES string of the molecule is CC(NC1CC=CCC1)c1cnc2ccsc2c1. The summed E-state index contributed by atoms with van der Waals surface area (Å²) < 4.78 is 1.28. The molecule has 2 nitrogen and oxygen atoms in total. The predicted molar refractivity (Wildman–Crippen MR) is 77.9 cm³/mol. The number of allylic oxidation sites excluding steroid dienone is 1. The monoisotopic (exact) mass is 258 g/mol. The van der Waals surface area contributed by atoms with Crippen LogP contribution in [-0.2, 0) is 0 Å². The van der Waals surface area contributed by atoms with Gasteiger partial charge in [0.1, 0.15) is 0 Å². The van der Waals surface area contributed by atoms with Gasteiger partial charge in [-0.25, -0.2) is 0 Å². The topological polar surface area (TPSA) is 24.9 Å². The van der Waals surface area contributed by atoms with E-state index in [4.69, 9.17) is 0 Å². The molecule has 1 aliphatic rings. The molecule has 0 spiro atoms. The van der Waals surface area contributed by atoms with Crippen molar-refractivity contribution in [3.05, 3.63) is 41.4 Å². The second-order valence-corrected chi connectivity index (χ2v) is 5.89. The normalized spacial score (nSPS) is 21.3. The number of rotatable bonds is 3. The van der Waals surface area contributed by atoms with Gasteiger partial charge in [-0.1, -0.05) is 12.2 Å². The van der Waals surface area contributed by atoms with Crippen LogP contribution in [0, 0.1) is 0 Å². The Hall–Kier alpha value is -1.19. The molecule has 0 amide bonds. The van der Waals surface area contributed by atoms with Crippen LogP contribution in [0.25, 0.3) is 10.2 Å². The number of hydrogen-bond acceptors (Lipinski definition) is 3. The number of pyridine rings is 1. The molecule has 2 aromatic heterocycles. The lowest BCUT2D eigenvalue weighted by Crippen LogP contribution is -2.32. The van der Waals surface area contributed by atoms with Crippen molar-refractivity contribution in [2.24, 2.45) is 0 Å². The summed E-state index contributed by atoms with van der Waals surface area (Å²) >= 11 is 1.76. The number of thiophene rings is 1. The highest BCUT2D eigenvalue weighted by Crippen LogP contribution is 2.23. The van der Waals surface area contributed by atoms with Gasteiger partial charge in [0, 0.05) is 18.3 Å². The van der Waals surface area contributed by atoms with E-state index in [-0.39, 0.29) is 0 Å². The van der Waals surface area contributed by atoms with Crippen molar-refractivity contribution in [3.63, 3.8) is 0 Å². The van der Waals surface area contributed by atoms with Gasteiger partial charge < -0.3 is 5.32 Å². The smallest absolute Gasteiger partial charge is 0.0809 e. The number of nitrogens with one attached hydrogen (secondary N) is 1. The van der Waals surface area contributed by atoms with Gasteiger partial charge in [-0.2, -0.15) is 0 Å². The zero-order valence-electron chi connectivity index (χ0n) is 10.6. The standard InChI is InChI=1S/C15H18N2S/c1-11(17-13-5-3-2-4-6-13)12-9-15-14(16-10-12)7-8-18-15/h2-3,7-11,13,17H,4-6H2,1H3. The minimum Gasteiger partial charge on any atom is -0.307 e. The first kappa shape index (κ1) is 11.9. The van der Waals surface area contributed by atoms with Crippen LogP contribution < -0.4 is 5.32 Å². The number of nitrogens with zero attached hydrogens (tertiary/aromatic N) is 1. The summed E-state index contributed by atoms with van der Waals surface area (Å²) in [7, 11) is 0. The molecule has 18 heavy (non-hydrogen) atoms. The average molecular weight is 258 g/mol. The Morgan fingerprint density at radius 1 is 1.44 bits per heavy atom. The van der Waals surface area contributed by atoms with Crippen LogP contribution >= 0.6 is 11.3 Å². The molecular weight excluding hydrogens is 240 g/mol. The second-order valence-electron chi connectivity index (χ2n) is 4.94. The van der Waals surface area contributed by atoms with Crippen molar-refractivity contribution < 1.29 is 0 Å². The Balaban J connectivity index is 1.74. The summed E-state index contributed by atoms with van der Waals surface area (Å²) in [6, 6.07) is 5.33. The predicted octanol–water partition coefficient (Wildman–Crippen LogP) is 4.06. The lowest BCUT2D eigenvalue weighted by atomic mass is 10.00. The summed E-state index contributed by atoms with van der Waals surface area (Å²) in [5.41, 5.74) is 2.40. The van der Waals surface area contributed by atoms with Crippen LogP contribution in [0.1, 0.15) is 37.8 Å². The van der Waals surface area contributed by atoms with E-state index in [1.807, 2.05) is 6.20 Å². The lowest BCUT2D eigenvalue weighted by molar-refractivity contribution is 0.426. The van der Waals surface area contributed by atoms with Gasteiger partial charge in [-0.05, 0) is 49.3 Å². The highest BCUT2D eigenvalue weighted by Gasteiger charge is 2.14. The second kappa shape index (κ2) is 5.21. The van der Waals surface area contributed by atoms with E-state index >= 15 is 0 Å². The highest BCUT2D eigenvalue weighted by atomic mass is 32.1. The van der Waals surface area contributed by atoms with Crippen molar-refractivity contribution in [2.75, 3.05) is 0 Å². The van der Waals surface area contributed by atoms with Gasteiger partial charge in [-0.15, -0.1) is 11.3 Å². The molecule has 2 heterocycles. The van der Waals surface area contributed by atoms with Gasteiger partial charge in [0.2, 0.25) is 0 Å². The molecule has 94 valence electrons. The lowest BCUT2D eigenvalue weighted by Gasteiger charge is -2.24. The molecule has 1 aliphatic carbocycles. The number of fused-ring (bicyclic) bond motifs is 1. The first-order valence-corrected chi connectivity index (χ1v) is 7.45. The fourth-order valence-corrected chi connectivity index (χ4v) is 3.28. The van der Waals surface area contributed by atoms with Crippen molar-refractivity contribution >= 4 is 21.6 Å². The minimum absolute atomic E-state index is 0.375. The summed E-state index contributed by atoms with van der Waals surface area (Å²) in [4.78, 5) is 4.51. The van der Waals surface area contributed by atoms with E-state index < -0.39 is 0 Å². The Morgan fingerprint density at radius 3 is 3.22 bits per heavy atom. The highest BCUT2D eigenvalue weighted by molar-refractivity contribution is 7.17. The number of hydrogen-bond donors (Lipinski definition) is 1. The van der Waals surface area contributed by atoms with Crippen molar-refractivity contribution in [2.45, 2.75) is 38.3 Å². The maximum Gasteiger partial charge on any atom is 0.0809 e. The summed E-state index contributed by atoms with van der Waals surface area (Å²) in [5.74, 6) is 0. The Bertz CT molecular complexity index is 558. The summed E-state index contributed by atoms with van der Waals surface area (Å²) in [6.45, 7) is 2.23. The molecule has 0 bridgehead atoms. The van der Waals surface area contributed by atoms with Crippen LogP contribution in [0.4, 0.5) is 0 Å². The molecule has 0 fully saturated rings. The van der Waals surface area contributed by atoms with Gasteiger partial charge >= 0.3 is 0 Å². The van der Waals surface area contributed by atoms with Gasteiger partial charge in [0.15, 0.2) is 0 Å². The molecule has 0 saturated carbocycles. The third-order valence-electron chi connectivity index (χ3n) is 3.58. The quantitative estimate of drug-likeness (QED) is 0.840. The Kier molecular flexibility index (Phi) is 3.43. The van der Waals surface area contributed by atoms with E-state index in [0.717, 1.165) is 11.9 Å². The molecule has 2 atom stereocenters. The maximum absolute atomic E-state index is 4.51.